The number of thioether (sulfide) groups is 1. The second-order valence-electron chi connectivity index (χ2n) is 6.71. The first-order valence-corrected chi connectivity index (χ1v) is 10.8. The highest BCUT2D eigenvalue weighted by Crippen LogP contribution is 2.26. The fraction of sp³-hybridized carbons (Fsp3) is 0.650. The van der Waals surface area contributed by atoms with Crippen molar-refractivity contribution in [1.29, 1.82) is 0 Å². The predicted molar refractivity (Wildman–Crippen MR) is 109 cm³/mol. The number of halogens is 1. The first-order chi connectivity index (χ1) is 12.1. The molecule has 1 N–H and O–H groups in total. The summed E-state index contributed by atoms with van der Waals surface area (Å²) >= 11 is 7.54. The lowest BCUT2D eigenvalue weighted by atomic mass is 10.00. The van der Waals surface area contributed by atoms with Crippen LogP contribution in [0.1, 0.15) is 52.4 Å². The molecule has 1 aromatic rings. The summed E-state index contributed by atoms with van der Waals surface area (Å²) in [4.78, 5) is 16.1. The van der Waals surface area contributed by atoms with Crippen molar-refractivity contribution in [2.24, 2.45) is 0 Å². The number of benzene rings is 1. The highest BCUT2D eigenvalue weighted by molar-refractivity contribution is 8.00. The van der Waals surface area contributed by atoms with E-state index in [9.17, 15) is 4.79 Å². The average molecular weight is 383 g/mol. The van der Waals surface area contributed by atoms with Crippen molar-refractivity contribution in [2.45, 2.75) is 68.6 Å². The van der Waals surface area contributed by atoms with E-state index < -0.39 is 0 Å². The summed E-state index contributed by atoms with van der Waals surface area (Å²) in [6, 6.07) is 8.44. The fourth-order valence-corrected chi connectivity index (χ4v) is 4.53. The summed E-state index contributed by atoms with van der Waals surface area (Å²) in [7, 11) is 0. The van der Waals surface area contributed by atoms with Crippen LogP contribution in [0.25, 0.3) is 0 Å². The van der Waals surface area contributed by atoms with Crippen LogP contribution >= 0.6 is 23.4 Å². The molecule has 140 valence electrons. The summed E-state index contributed by atoms with van der Waals surface area (Å²) in [6.45, 7) is 7.43. The molecule has 0 bridgehead atoms. The maximum absolute atomic E-state index is 12.4. The minimum Gasteiger partial charge on any atom is -0.355 e. The molecule has 5 heteroatoms. The quantitative estimate of drug-likeness (QED) is 0.482. The molecular formula is C20H31ClN2OS. The highest BCUT2D eigenvalue weighted by atomic mass is 35.5. The molecule has 1 heterocycles. The second kappa shape index (κ2) is 11.1. The van der Waals surface area contributed by atoms with Gasteiger partial charge in [0.25, 0.3) is 0 Å². The zero-order valence-electron chi connectivity index (χ0n) is 15.5. The van der Waals surface area contributed by atoms with Crippen LogP contribution in [0.2, 0.25) is 5.02 Å². The maximum atomic E-state index is 12.4. The van der Waals surface area contributed by atoms with Gasteiger partial charge in [-0.2, -0.15) is 0 Å². The molecule has 2 atom stereocenters. The van der Waals surface area contributed by atoms with Crippen LogP contribution in [0.5, 0.6) is 0 Å². The summed E-state index contributed by atoms with van der Waals surface area (Å²) in [6.07, 6.45) is 7.11. The number of nitrogens with zero attached hydrogens (tertiary/aromatic N) is 1. The summed E-state index contributed by atoms with van der Waals surface area (Å²) in [5.74, 6) is 0.146. The van der Waals surface area contributed by atoms with Crippen molar-refractivity contribution in [3.63, 3.8) is 0 Å². The zero-order valence-corrected chi connectivity index (χ0v) is 17.0. The Kier molecular flexibility index (Phi) is 9.14. The molecule has 0 aliphatic carbocycles. The van der Waals surface area contributed by atoms with E-state index in [1.54, 1.807) is 11.8 Å². The molecule has 0 saturated carbocycles. The Hall–Kier alpha value is -0.710. The van der Waals surface area contributed by atoms with Crippen LogP contribution < -0.4 is 5.32 Å². The van der Waals surface area contributed by atoms with Gasteiger partial charge in [0.2, 0.25) is 5.91 Å². The van der Waals surface area contributed by atoms with Crippen LogP contribution in [-0.4, -0.2) is 41.7 Å². The van der Waals surface area contributed by atoms with E-state index in [-0.39, 0.29) is 11.2 Å². The number of carbonyl (C=O) groups excluding carboxylic acids is 1. The lowest BCUT2D eigenvalue weighted by molar-refractivity contribution is -0.120. The average Bonchev–Trinajstić information content (AvgIpc) is 2.64. The van der Waals surface area contributed by atoms with Crippen molar-refractivity contribution < 1.29 is 4.79 Å². The number of amides is 1. The van der Waals surface area contributed by atoms with Crippen LogP contribution in [-0.2, 0) is 4.79 Å². The standard InChI is InChI=1S/C20H31ClN2OS/c1-3-17-8-5-6-14-23(17)15-7-13-22-20(24)19(4-2)25-18-11-9-16(21)10-12-18/h9-12,17,19H,3-8,13-15H2,1-2H3,(H,22,24)/t17-,19-/m0/s1. The van der Waals surface area contributed by atoms with E-state index >= 15 is 0 Å². The second-order valence-corrected chi connectivity index (χ2v) is 8.42. The number of rotatable bonds is 9. The maximum Gasteiger partial charge on any atom is 0.233 e. The molecule has 0 unspecified atom stereocenters. The molecular weight excluding hydrogens is 352 g/mol. The van der Waals surface area contributed by atoms with Gasteiger partial charge < -0.3 is 10.2 Å². The topological polar surface area (TPSA) is 32.3 Å². The van der Waals surface area contributed by atoms with Gasteiger partial charge in [-0.05, 0) is 62.9 Å². The van der Waals surface area contributed by atoms with Crippen LogP contribution in [0.3, 0.4) is 0 Å². The molecule has 0 aromatic heterocycles. The highest BCUT2D eigenvalue weighted by Gasteiger charge is 2.21. The molecule has 0 radical (unpaired) electrons. The molecule has 1 fully saturated rings. The first kappa shape index (κ1) is 20.6. The number of likely N-dealkylation sites (tertiary alicyclic amines) is 1. The van der Waals surface area contributed by atoms with Crippen molar-refractivity contribution in [2.75, 3.05) is 19.6 Å². The van der Waals surface area contributed by atoms with Crippen LogP contribution in [0.15, 0.2) is 29.2 Å². The summed E-state index contributed by atoms with van der Waals surface area (Å²) in [5.41, 5.74) is 0. The monoisotopic (exact) mass is 382 g/mol. The first-order valence-electron chi connectivity index (χ1n) is 9.58. The third-order valence-electron chi connectivity index (χ3n) is 4.90. The third kappa shape index (κ3) is 6.84. The van der Waals surface area contributed by atoms with Crippen LogP contribution in [0, 0.1) is 0 Å². The predicted octanol–water partition coefficient (Wildman–Crippen LogP) is 4.98. The van der Waals surface area contributed by atoms with Gasteiger partial charge in [-0.3, -0.25) is 4.79 Å². The Morgan fingerprint density at radius 1 is 1.32 bits per heavy atom. The van der Waals surface area contributed by atoms with Crippen molar-refractivity contribution >= 4 is 29.3 Å². The van der Waals surface area contributed by atoms with E-state index in [2.05, 4.69) is 24.1 Å². The molecule has 0 spiro atoms. The molecule has 2 rings (SSSR count). The Morgan fingerprint density at radius 2 is 2.08 bits per heavy atom. The summed E-state index contributed by atoms with van der Waals surface area (Å²) < 4.78 is 0. The Balaban J connectivity index is 1.71. The van der Waals surface area contributed by atoms with E-state index in [0.717, 1.165) is 41.9 Å². The van der Waals surface area contributed by atoms with Crippen molar-refractivity contribution in [3.05, 3.63) is 29.3 Å². The van der Waals surface area contributed by atoms with Crippen molar-refractivity contribution in [3.8, 4) is 0 Å². The molecule has 1 aliphatic heterocycles. The largest absolute Gasteiger partial charge is 0.355 e. The fourth-order valence-electron chi connectivity index (χ4n) is 3.42. The van der Waals surface area contributed by atoms with Gasteiger partial charge in [0.05, 0.1) is 5.25 Å². The van der Waals surface area contributed by atoms with Gasteiger partial charge in [-0.1, -0.05) is 31.9 Å². The Morgan fingerprint density at radius 3 is 2.76 bits per heavy atom. The van der Waals surface area contributed by atoms with Crippen molar-refractivity contribution in [1.82, 2.24) is 10.2 Å². The summed E-state index contributed by atoms with van der Waals surface area (Å²) in [5, 5.41) is 3.81. The van der Waals surface area contributed by atoms with E-state index in [4.69, 9.17) is 11.6 Å². The SMILES string of the molecule is CC[C@H]1CCCCN1CCCNC(=O)[C@H](CC)Sc1ccc(Cl)cc1. The smallest absolute Gasteiger partial charge is 0.233 e. The molecule has 3 nitrogen and oxygen atoms in total. The van der Waals surface area contributed by atoms with Gasteiger partial charge in [-0.25, -0.2) is 0 Å². The Bertz CT molecular complexity index is 523. The molecule has 25 heavy (non-hydrogen) atoms. The molecule has 1 saturated heterocycles. The number of piperidine rings is 1. The Labute approximate surface area is 161 Å². The van der Waals surface area contributed by atoms with E-state index in [0.29, 0.717) is 0 Å². The number of hydrogen-bond donors (Lipinski definition) is 1. The normalized spacial score (nSPS) is 19.6. The van der Waals surface area contributed by atoms with Gasteiger partial charge in [-0.15, -0.1) is 11.8 Å². The third-order valence-corrected chi connectivity index (χ3v) is 6.53. The van der Waals surface area contributed by atoms with Gasteiger partial charge in [0, 0.05) is 29.0 Å². The van der Waals surface area contributed by atoms with Gasteiger partial charge >= 0.3 is 0 Å². The number of hydrogen-bond acceptors (Lipinski definition) is 3. The number of nitrogens with one attached hydrogen (secondary N) is 1. The molecule has 1 amide bonds. The molecule has 1 aromatic carbocycles. The van der Waals surface area contributed by atoms with Crippen LogP contribution in [0.4, 0.5) is 0 Å². The minimum absolute atomic E-state index is 0.0421. The van der Waals surface area contributed by atoms with E-state index in [1.165, 1.54) is 32.2 Å². The zero-order chi connectivity index (χ0) is 18.1. The van der Waals surface area contributed by atoms with Gasteiger partial charge in [0.1, 0.15) is 0 Å². The molecule has 1 aliphatic rings. The van der Waals surface area contributed by atoms with E-state index in [1.807, 2.05) is 24.3 Å². The lowest BCUT2D eigenvalue weighted by Gasteiger charge is -2.35. The lowest BCUT2D eigenvalue weighted by Crippen LogP contribution is -2.41. The number of carbonyl (C=O) groups is 1. The van der Waals surface area contributed by atoms with Gasteiger partial charge in [0.15, 0.2) is 0 Å². The minimum atomic E-state index is -0.0421.